The molecule has 1 aliphatic heterocycles. The first-order chi connectivity index (χ1) is 5.36. The Morgan fingerprint density at radius 3 is 3.09 bits per heavy atom. The molecule has 0 atom stereocenters. The van der Waals surface area contributed by atoms with Gasteiger partial charge < -0.3 is 9.47 Å². The standard InChI is InChI=1S/C7H6BrNO2/c8-5-3-6-7(9-4-5)11-2-1-10-6/h3-4H,1-2H2. The highest BCUT2D eigenvalue weighted by atomic mass is 79.9. The number of pyridine rings is 1. The molecular formula is C7H6BrNO2. The Balaban J connectivity index is 2.43. The van der Waals surface area contributed by atoms with Gasteiger partial charge in [0.2, 0.25) is 0 Å². The Morgan fingerprint density at radius 1 is 1.36 bits per heavy atom. The molecule has 0 radical (unpaired) electrons. The minimum absolute atomic E-state index is 0.583. The van der Waals surface area contributed by atoms with Crippen molar-refractivity contribution in [2.24, 2.45) is 0 Å². The molecule has 11 heavy (non-hydrogen) atoms. The van der Waals surface area contributed by atoms with Crippen LogP contribution in [-0.2, 0) is 0 Å². The van der Waals surface area contributed by atoms with E-state index < -0.39 is 0 Å². The zero-order valence-electron chi connectivity index (χ0n) is 5.71. The van der Waals surface area contributed by atoms with Crippen LogP contribution < -0.4 is 9.47 Å². The molecule has 0 bridgehead atoms. The Bertz CT molecular complexity index is 277. The Hall–Kier alpha value is -0.770. The van der Waals surface area contributed by atoms with E-state index in [1.807, 2.05) is 6.07 Å². The van der Waals surface area contributed by atoms with Crippen molar-refractivity contribution in [1.29, 1.82) is 0 Å². The zero-order chi connectivity index (χ0) is 7.68. The summed E-state index contributed by atoms with van der Waals surface area (Å²) in [6, 6.07) is 1.85. The van der Waals surface area contributed by atoms with Gasteiger partial charge in [0, 0.05) is 16.7 Å². The molecule has 3 nitrogen and oxygen atoms in total. The highest BCUT2D eigenvalue weighted by Gasteiger charge is 2.11. The minimum atomic E-state index is 0.583. The molecule has 2 rings (SSSR count). The monoisotopic (exact) mass is 215 g/mol. The maximum absolute atomic E-state index is 5.29. The number of halogens is 1. The van der Waals surface area contributed by atoms with Crippen LogP contribution in [0.5, 0.6) is 11.6 Å². The highest BCUT2D eigenvalue weighted by Crippen LogP contribution is 2.29. The Labute approximate surface area is 72.5 Å². The van der Waals surface area contributed by atoms with Gasteiger partial charge in [0.15, 0.2) is 5.75 Å². The predicted molar refractivity (Wildman–Crippen MR) is 42.9 cm³/mol. The van der Waals surface area contributed by atoms with E-state index in [1.165, 1.54) is 0 Å². The molecule has 0 saturated heterocycles. The largest absolute Gasteiger partial charge is 0.484 e. The molecule has 0 aliphatic carbocycles. The number of hydrogen-bond donors (Lipinski definition) is 0. The van der Waals surface area contributed by atoms with Crippen molar-refractivity contribution in [3.63, 3.8) is 0 Å². The number of hydrogen-bond acceptors (Lipinski definition) is 3. The van der Waals surface area contributed by atoms with Gasteiger partial charge in [-0.2, -0.15) is 0 Å². The summed E-state index contributed by atoms with van der Waals surface area (Å²) in [4.78, 5) is 4.02. The van der Waals surface area contributed by atoms with Crippen LogP contribution in [0.15, 0.2) is 16.7 Å². The number of rotatable bonds is 0. The lowest BCUT2D eigenvalue weighted by Crippen LogP contribution is -2.16. The molecule has 58 valence electrons. The third-order valence-electron chi connectivity index (χ3n) is 1.36. The lowest BCUT2D eigenvalue weighted by atomic mass is 10.4. The van der Waals surface area contributed by atoms with Crippen LogP contribution in [0.1, 0.15) is 0 Å². The summed E-state index contributed by atoms with van der Waals surface area (Å²) >= 11 is 3.29. The summed E-state index contributed by atoms with van der Waals surface area (Å²) in [5, 5.41) is 0. The molecule has 0 fully saturated rings. The van der Waals surface area contributed by atoms with E-state index in [0.29, 0.717) is 24.8 Å². The van der Waals surface area contributed by atoms with Gasteiger partial charge in [-0.15, -0.1) is 0 Å². The number of aromatic nitrogens is 1. The first-order valence-corrected chi connectivity index (χ1v) is 4.07. The number of ether oxygens (including phenoxy) is 2. The summed E-state index contributed by atoms with van der Waals surface area (Å²) < 4.78 is 11.4. The predicted octanol–water partition coefficient (Wildman–Crippen LogP) is 1.62. The number of fused-ring (bicyclic) bond motifs is 1. The summed E-state index contributed by atoms with van der Waals surface area (Å²) in [5.41, 5.74) is 0. The molecule has 2 heterocycles. The van der Waals surface area contributed by atoms with Gasteiger partial charge in [-0.25, -0.2) is 4.98 Å². The van der Waals surface area contributed by atoms with E-state index in [0.717, 1.165) is 4.47 Å². The van der Waals surface area contributed by atoms with Crippen LogP contribution in [-0.4, -0.2) is 18.2 Å². The van der Waals surface area contributed by atoms with E-state index in [4.69, 9.17) is 9.47 Å². The summed E-state index contributed by atoms with van der Waals surface area (Å²) in [5.74, 6) is 1.30. The fraction of sp³-hybridized carbons (Fsp3) is 0.286. The number of nitrogens with zero attached hydrogens (tertiary/aromatic N) is 1. The SMILES string of the molecule is Brc1cnc2c(c1)OCCO2. The van der Waals surface area contributed by atoms with Crippen LogP contribution in [0.2, 0.25) is 0 Å². The summed E-state index contributed by atoms with van der Waals surface area (Å²) in [6.07, 6.45) is 1.69. The summed E-state index contributed by atoms with van der Waals surface area (Å²) in [6.45, 7) is 1.19. The first-order valence-electron chi connectivity index (χ1n) is 3.27. The van der Waals surface area contributed by atoms with Gasteiger partial charge in [0.05, 0.1) is 0 Å². The normalized spacial score (nSPS) is 14.6. The lowest BCUT2D eigenvalue weighted by Gasteiger charge is -2.16. The topological polar surface area (TPSA) is 31.4 Å². The van der Waals surface area contributed by atoms with E-state index in [1.54, 1.807) is 6.20 Å². The van der Waals surface area contributed by atoms with Crippen LogP contribution in [0.25, 0.3) is 0 Å². The molecule has 1 aliphatic rings. The fourth-order valence-electron chi connectivity index (χ4n) is 0.910. The molecule has 0 amide bonds. The third-order valence-corrected chi connectivity index (χ3v) is 1.80. The van der Waals surface area contributed by atoms with Crippen molar-refractivity contribution >= 4 is 15.9 Å². The Morgan fingerprint density at radius 2 is 2.18 bits per heavy atom. The maximum atomic E-state index is 5.29. The smallest absolute Gasteiger partial charge is 0.257 e. The second kappa shape index (κ2) is 2.70. The third kappa shape index (κ3) is 1.30. The molecule has 1 aromatic heterocycles. The average molecular weight is 216 g/mol. The summed E-state index contributed by atoms with van der Waals surface area (Å²) in [7, 11) is 0. The van der Waals surface area contributed by atoms with Crippen molar-refractivity contribution in [1.82, 2.24) is 4.98 Å². The van der Waals surface area contributed by atoms with Gasteiger partial charge in [-0.1, -0.05) is 0 Å². The zero-order valence-corrected chi connectivity index (χ0v) is 7.30. The molecule has 0 spiro atoms. The molecule has 0 saturated carbocycles. The highest BCUT2D eigenvalue weighted by molar-refractivity contribution is 9.10. The second-order valence-corrected chi connectivity index (χ2v) is 3.07. The van der Waals surface area contributed by atoms with Gasteiger partial charge in [0.25, 0.3) is 5.88 Å². The quantitative estimate of drug-likeness (QED) is 0.660. The van der Waals surface area contributed by atoms with Crippen molar-refractivity contribution < 1.29 is 9.47 Å². The van der Waals surface area contributed by atoms with Crippen LogP contribution >= 0.6 is 15.9 Å². The van der Waals surface area contributed by atoms with E-state index in [2.05, 4.69) is 20.9 Å². The van der Waals surface area contributed by atoms with Crippen molar-refractivity contribution in [2.75, 3.05) is 13.2 Å². The van der Waals surface area contributed by atoms with Crippen LogP contribution in [0.4, 0.5) is 0 Å². The van der Waals surface area contributed by atoms with Gasteiger partial charge in [0.1, 0.15) is 13.2 Å². The van der Waals surface area contributed by atoms with E-state index >= 15 is 0 Å². The maximum Gasteiger partial charge on any atom is 0.257 e. The molecule has 0 unspecified atom stereocenters. The molecule has 1 aromatic rings. The van der Waals surface area contributed by atoms with Crippen LogP contribution in [0.3, 0.4) is 0 Å². The first kappa shape index (κ1) is 6.91. The van der Waals surface area contributed by atoms with Crippen molar-refractivity contribution in [2.45, 2.75) is 0 Å². The van der Waals surface area contributed by atoms with E-state index in [-0.39, 0.29) is 0 Å². The van der Waals surface area contributed by atoms with Gasteiger partial charge in [-0.05, 0) is 15.9 Å². The van der Waals surface area contributed by atoms with Crippen molar-refractivity contribution in [3.8, 4) is 11.6 Å². The average Bonchev–Trinajstić information content (AvgIpc) is 2.04. The molecule has 0 N–H and O–H groups in total. The van der Waals surface area contributed by atoms with E-state index in [9.17, 15) is 0 Å². The molecule has 0 aromatic carbocycles. The molecular weight excluding hydrogens is 210 g/mol. The van der Waals surface area contributed by atoms with Gasteiger partial charge in [-0.3, -0.25) is 0 Å². The fourth-order valence-corrected chi connectivity index (χ4v) is 1.22. The van der Waals surface area contributed by atoms with Crippen LogP contribution in [0, 0.1) is 0 Å². The lowest BCUT2D eigenvalue weighted by molar-refractivity contribution is 0.164. The van der Waals surface area contributed by atoms with Crippen molar-refractivity contribution in [3.05, 3.63) is 16.7 Å². The minimum Gasteiger partial charge on any atom is -0.484 e. The Kier molecular flexibility index (Phi) is 1.69. The second-order valence-electron chi connectivity index (χ2n) is 2.15. The van der Waals surface area contributed by atoms with Gasteiger partial charge >= 0.3 is 0 Å². The molecule has 4 heteroatoms.